The third kappa shape index (κ3) is 1.85. The third-order valence-electron chi connectivity index (χ3n) is 3.22. The molecule has 0 amide bonds. The molecule has 2 heterocycles. The van der Waals surface area contributed by atoms with Crippen LogP contribution < -0.4 is 10.6 Å². The van der Waals surface area contributed by atoms with E-state index in [9.17, 15) is 0 Å². The van der Waals surface area contributed by atoms with Gasteiger partial charge in [0, 0.05) is 18.5 Å². The quantitative estimate of drug-likeness (QED) is 0.849. The molecule has 1 aromatic carbocycles. The molecule has 1 aliphatic rings. The number of aromatic nitrogens is 2. The van der Waals surface area contributed by atoms with Gasteiger partial charge in [0.25, 0.3) is 0 Å². The first-order chi connectivity index (χ1) is 8.38. The van der Waals surface area contributed by atoms with E-state index in [1.807, 2.05) is 18.2 Å². The van der Waals surface area contributed by atoms with E-state index >= 15 is 0 Å². The average Bonchev–Trinajstić information content (AvgIpc) is 2.91. The Morgan fingerprint density at radius 2 is 1.88 bits per heavy atom. The van der Waals surface area contributed by atoms with E-state index in [4.69, 9.17) is 5.73 Å². The fraction of sp³-hybridized carbons (Fsp3) is 0.385. The van der Waals surface area contributed by atoms with Gasteiger partial charge in [0.1, 0.15) is 11.6 Å². The molecule has 1 saturated heterocycles. The second-order valence-corrected chi connectivity index (χ2v) is 4.38. The van der Waals surface area contributed by atoms with Crippen molar-refractivity contribution in [3.8, 4) is 0 Å². The first-order valence-electron chi connectivity index (χ1n) is 6.09. The Balaban J connectivity index is 2.19. The molecule has 0 unspecified atom stereocenters. The van der Waals surface area contributed by atoms with Crippen LogP contribution in [-0.2, 0) is 6.54 Å². The first kappa shape index (κ1) is 10.5. The van der Waals surface area contributed by atoms with Gasteiger partial charge in [-0.15, -0.1) is 0 Å². The zero-order valence-corrected chi connectivity index (χ0v) is 9.76. The van der Waals surface area contributed by atoms with Gasteiger partial charge in [-0.1, -0.05) is 12.1 Å². The van der Waals surface area contributed by atoms with Crippen molar-refractivity contribution < 1.29 is 0 Å². The van der Waals surface area contributed by atoms with Crippen LogP contribution >= 0.6 is 0 Å². The van der Waals surface area contributed by atoms with Crippen LogP contribution in [0, 0.1) is 0 Å². The van der Waals surface area contributed by atoms with Crippen molar-refractivity contribution in [2.75, 3.05) is 18.0 Å². The molecule has 0 aliphatic carbocycles. The summed E-state index contributed by atoms with van der Waals surface area (Å²) in [5.74, 6) is 1.78. The van der Waals surface area contributed by atoms with Crippen molar-refractivity contribution in [3.05, 3.63) is 30.1 Å². The number of nitrogens with zero attached hydrogens (tertiary/aromatic N) is 3. The molecular formula is C13H16N4. The summed E-state index contributed by atoms with van der Waals surface area (Å²) in [4.78, 5) is 11.4. The molecule has 88 valence electrons. The monoisotopic (exact) mass is 228 g/mol. The summed E-state index contributed by atoms with van der Waals surface area (Å²) in [5, 5.41) is 1.13. The van der Waals surface area contributed by atoms with Crippen molar-refractivity contribution in [3.63, 3.8) is 0 Å². The number of hydrogen-bond acceptors (Lipinski definition) is 4. The summed E-state index contributed by atoms with van der Waals surface area (Å²) in [7, 11) is 0. The summed E-state index contributed by atoms with van der Waals surface area (Å²) in [6.45, 7) is 2.57. The highest BCUT2D eigenvalue weighted by Crippen LogP contribution is 2.26. The zero-order chi connectivity index (χ0) is 11.7. The molecule has 0 bridgehead atoms. The number of anilines is 1. The number of rotatable bonds is 2. The highest BCUT2D eigenvalue weighted by atomic mass is 15.2. The van der Waals surface area contributed by atoms with Gasteiger partial charge < -0.3 is 10.6 Å². The van der Waals surface area contributed by atoms with Gasteiger partial charge in [0.05, 0.1) is 12.1 Å². The van der Waals surface area contributed by atoms with Gasteiger partial charge >= 0.3 is 0 Å². The van der Waals surface area contributed by atoms with Crippen molar-refractivity contribution in [2.45, 2.75) is 19.4 Å². The van der Waals surface area contributed by atoms with Gasteiger partial charge in [-0.3, -0.25) is 0 Å². The Morgan fingerprint density at radius 3 is 2.65 bits per heavy atom. The van der Waals surface area contributed by atoms with Crippen LogP contribution in [0.25, 0.3) is 10.9 Å². The van der Waals surface area contributed by atoms with Crippen LogP contribution in [0.5, 0.6) is 0 Å². The Hall–Kier alpha value is -1.68. The third-order valence-corrected chi connectivity index (χ3v) is 3.22. The van der Waals surface area contributed by atoms with E-state index < -0.39 is 0 Å². The Kier molecular flexibility index (Phi) is 2.65. The number of para-hydroxylation sites is 1. The van der Waals surface area contributed by atoms with Crippen molar-refractivity contribution >= 4 is 16.7 Å². The maximum atomic E-state index is 5.66. The maximum absolute atomic E-state index is 5.66. The fourth-order valence-electron chi connectivity index (χ4n) is 2.37. The maximum Gasteiger partial charge on any atom is 0.144 e. The van der Waals surface area contributed by atoms with Gasteiger partial charge in [0.2, 0.25) is 0 Å². The molecule has 1 fully saturated rings. The molecule has 17 heavy (non-hydrogen) atoms. The molecule has 2 N–H and O–H groups in total. The standard InChI is InChI=1S/C13H16N4/c14-9-12-15-11-6-2-1-5-10(11)13(16-12)17-7-3-4-8-17/h1-2,5-6H,3-4,7-9,14H2. The largest absolute Gasteiger partial charge is 0.356 e. The highest BCUT2D eigenvalue weighted by Gasteiger charge is 2.17. The van der Waals surface area contributed by atoms with Crippen LogP contribution in [0.1, 0.15) is 18.7 Å². The number of benzene rings is 1. The van der Waals surface area contributed by atoms with E-state index in [1.54, 1.807) is 0 Å². The number of hydrogen-bond donors (Lipinski definition) is 1. The van der Waals surface area contributed by atoms with Crippen LogP contribution in [0.15, 0.2) is 24.3 Å². The van der Waals surface area contributed by atoms with Crippen molar-refractivity contribution in [2.24, 2.45) is 5.73 Å². The molecular weight excluding hydrogens is 212 g/mol. The summed E-state index contributed by atoms with van der Waals surface area (Å²) < 4.78 is 0. The Labute approximate surface area is 100 Å². The Bertz CT molecular complexity index is 532. The van der Waals surface area contributed by atoms with Crippen LogP contribution in [0.3, 0.4) is 0 Å². The zero-order valence-electron chi connectivity index (χ0n) is 9.76. The van der Waals surface area contributed by atoms with Crippen LogP contribution in [-0.4, -0.2) is 23.1 Å². The number of nitrogens with two attached hydrogens (primary N) is 1. The van der Waals surface area contributed by atoms with E-state index in [1.165, 1.54) is 12.8 Å². The van der Waals surface area contributed by atoms with Crippen molar-refractivity contribution in [1.82, 2.24) is 9.97 Å². The topological polar surface area (TPSA) is 55.0 Å². The molecule has 0 atom stereocenters. The molecule has 0 saturated carbocycles. The summed E-state index contributed by atoms with van der Waals surface area (Å²) in [6.07, 6.45) is 2.49. The molecule has 0 radical (unpaired) electrons. The molecule has 4 nitrogen and oxygen atoms in total. The predicted molar refractivity (Wildman–Crippen MR) is 68.9 cm³/mol. The summed E-state index contributed by atoms with van der Waals surface area (Å²) in [5.41, 5.74) is 6.66. The smallest absolute Gasteiger partial charge is 0.144 e. The second-order valence-electron chi connectivity index (χ2n) is 4.38. The lowest BCUT2D eigenvalue weighted by Crippen LogP contribution is -2.20. The first-order valence-corrected chi connectivity index (χ1v) is 6.09. The molecule has 1 aromatic heterocycles. The van der Waals surface area contributed by atoms with Crippen molar-refractivity contribution in [1.29, 1.82) is 0 Å². The molecule has 3 rings (SSSR count). The van der Waals surface area contributed by atoms with Gasteiger partial charge in [-0.2, -0.15) is 0 Å². The molecule has 4 heteroatoms. The minimum Gasteiger partial charge on any atom is -0.356 e. The predicted octanol–water partition coefficient (Wildman–Crippen LogP) is 1.69. The van der Waals surface area contributed by atoms with Crippen LogP contribution in [0.2, 0.25) is 0 Å². The molecule has 1 aliphatic heterocycles. The normalized spacial score (nSPS) is 15.7. The minimum atomic E-state index is 0.395. The second kappa shape index (κ2) is 4.30. The Morgan fingerprint density at radius 1 is 1.12 bits per heavy atom. The van der Waals surface area contributed by atoms with Gasteiger partial charge in [-0.05, 0) is 25.0 Å². The van der Waals surface area contributed by atoms with Crippen LogP contribution in [0.4, 0.5) is 5.82 Å². The SMILES string of the molecule is NCc1nc(N2CCCC2)c2ccccc2n1. The lowest BCUT2D eigenvalue weighted by Gasteiger charge is -2.18. The lowest BCUT2D eigenvalue weighted by molar-refractivity contribution is 0.881. The number of fused-ring (bicyclic) bond motifs is 1. The summed E-state index contributed by atoms with van der Waals surface area (Å²) >= 11 is 0. The van der Waals surface area contributed by atoms with Gasteiger partial charge in [0.15, 0.2) is 0 Å². The fourth-order valence-corrected chi connectivity index (χ4v) is 2.37. The summed E-state index contributed by atoms with van der Waals surface area (Å²) in [6, 6.07) is 8.15. The van der Waals surface area contributed by atoms with E-state index in [0.29, 0.717) is 6.54 Å². The molecule has 2 aromatic rings. The van der Waals surface area contributed by atoms with E-state index in [2.05, 4.69) is 20.9 Å². The van der Waals surface area contributed by atoms with E-state index in [-0.39, 0.29) is 0 Å². The lowest BCUT2D eigenvalue weighted by atomic mass is 10.2. The highest BCUT2D eigenvalue weighted by molar-refractivity contribution is 5.89. The average molecular weight is 228 g/mol. The van der Waals surface area contributed by atoms with E-state index in [0.717, 1.165) is 35.6 Å². The minimum absolute atomic E-state index is 0.395. The van der Waals surface area contributed by atoms with Gasteiger partial charge in [-0.25, -0.2) is 9.97 Å². The molecule has 0 spiro atoms.